The highest BCUT2D eigenvalue weighted by atomic mass is 16.5. The third-order valence-corrected chi connectivity index (χ3v) is 3.20. The fourth-order valence-corrected chi connectivity index (χ4v) is 1.98. The van der Waals surface area contributed by atoms with Crippen LogP contribution in [0.2, 0.25) is 0 Å². The number of carbonyl (C=O) groups excluding carboxylic acids is 1. The highest BCUT2D eigenvalue weighted by Crippen LogP contribution is 2.07. The smallest absolute Gasteiger partial charge is 0.220 e. The Balaban J connectivity index is 1.60. The molecule has 0 aliphatic heterocycles. The molecule has 0 atom stereocenters. The molecule has 3 heteroatoms. The van der Waals surface area contributed by atoms with Crippen molar-refractivity contribution in [3.63, 3.8) is 0 Å². The van der Waals surface area contributed by atoms with Crippen molar-refractivity contribution in [3.8, 4) is 5.75 Å². The molecule has 0 heterocycles. The number of aryl methyl sites for hydroxylation is 2. The highest BCUT2D eigenvalue weighted by Gasteiger charge is 2.02. The molecule has 2 aromatic carbocycles. The third kappa shape index (κ3) is 5.69. The number of benzene rings is 2. The van der Waals surface area contributed by atoms with Gasteiger partial charge in [0.15, 0.2) is 0 Å². The Hall–Kier alpha value is -2.29. The minimum Gasteiger partial charge on any atom is -0.492 e. The second-order valence-corrected chi connectivity index (χ2v) is 5.00. The van der Waals surface area contributed by atoms with Crippen LogP contribution in [0.5, 0.6) is 5.75 Å². The van der Waals surface area contributed by atoms with E-state index in [9.17, 15) is 4.79 Å². The van der Waals surface area contributed by atoms with Crippen LogP contribution in [0, 0.1) is 6.92 Å². The first kappa shape index (κ1) is 15.1. The van der Waals surface area contributed by atoms with E-state index in [4.69, 9.17) is 4.74 Å². The molecule has 110 valence electrons. The van der Waals surface area contributed by atoms with Crippen molar-refractivity contribution >= 4 is 5.91 Å². The van der Waals surface area contributed by atoms with Crippen molar-refractivity contribution in [2.45, 2.75) is 19.8 Å². The van der Waals surface area contributed by atoms with Crippen LogP contribution >= 0.6 is 0 Å². The van der Waals surface area contributed by atoms with Crippen LogP contribution in [0.4, 0.5) is 0 Å². The summed E-state index contributed by atoms with van der Waals surface area (Å²) in [6.07, 6.45) is 1.28. The van der Waals surface area contributed by atoms with Gasteiger partial charge in [-0.25, -0.2) is 0 Å². The minimum atomic E-state index is 0.0623. The molecule has 0 saturated carbocycles. The molecular formula is C18H21NO2. The van der Waals surface area contributed by atoms with Crippen molar-refractivity contribution in [1.82, 2.24) is 5.32 Å². The second kappa shape index (κ2) is 8.10. The van der Waals surface area contributed by atoms with E-state index >= 15 is 0 Å². The van der Waals surface area contributed by atoms with Crippen LogP contribution in [0.1, 0.15) is 17.5 Å². The first-order chi connectivity index (χ1) is 10.2. The third-order valence-electron chi connectivity index (χ3n) is 3.20. The van der Waals surface area contributed by atoms with Gasteiger partial charge in [-0.15, -0.1) is 0 Å². The van der Waals surface area contributed by atoms with Gasteiger partial charge in [0, 0.05) is 6.42 Å². The predicted octanol–water partition coefficient (Wildman–Crippen LogP) is 3.12. The van der Waals surface area contributed by atoms with Gasteiger partial charge in [0.25, 0.3) is 0 Å². The van der Waals surface area contributed by atoms with Gasteiger partial charge in [-0.3, -0.25) is 4.79 Å². The standard InChI is InChI=1S/C18H21NO2/c1-15-7-9-16(10-8-15)11-12-18(20)19-13-14-21-17-5-3-2-4-6-17/h2-10H,11-14H2,1H3,(H,19,20). The van der Waals surface area contributed by atoms with E-state index in [0.29, 0.717) is 19.6 Å². The van der Waals surface area contributed by atoms with Crippen LogP contribution in [-0.2, 0) is 11.2 Å². The fraction of sp³-hybridized carbons (Fsp3) is 0.278. The van der Waals surface area contributed by atoms with Gasteiger partial charge in [-0.1, -0.05) is 48.0 Å². The molecule has 0 aliphatic rings. The zero-order valence-corrected chi connectivity index (χ0v) is 12.3. The molecule has 21 heavy (non-hydrogen) atoms. The van der Waals surface area contributed by atoms with Gasteiger partial charge < -0.3 is 10.1 Å². The summed E-state index contributed by atoms with van der Waals surface area (Å²) in [5.74, 6) is 0.888. The van der Waals surface area contributed by atoms with Gasteiger partial charge >= 0.3 is 0 Å². The lowest BCUT2D eigenvalue weighted by Crippen LogP contribution is -2.28. The summed E-state index contributed by atoms with van der Waals surface area (Å²) in [7, 11) is 0. The summed E-state index contributed by atoms with van der Waals surface area (Å²) in [6.45, 7) is 3.07. The van der Waals surface area contributed by atoms with E-state index in [2.05, 4.69) is 36.5 Å². The number of hydrogen-bond acceptors (Lipinski definition) is 2. The number of rotatable bonds is 7. The molecular weight excluding hydrogens is 262 g/mol. The second-order valence-electron chi connectivity index (χ2n) is 5.00. The average Bonchev–Trinajstić information content (AvgIpc) is 2.52. The Bertz CT molecular complexity index is 549. The Labute approximate surface area is 126 Å². The van der Waals surface area contributed by atoms with Crippen molar-refractivity contribution in [2.75, 3.05) is 13.2 Å². The molecule has 0 radical (unpaired) electrons. The Morgan fingerprint density at radius 1 is 1.05 bits per heavy atom. The zero-order valence-electron chi connectivity index (χ0n) is 12.3. The molecule has 3 nitrogen and oxygen atoms in total. The molecule has 0 fully saturated rings. The molecule has 0 unspecified atom stereocenters. The van der Waals surface area contributed by atoms with Crippen LogP contribution in [0.15, 0.2) is 54.6 Å². The highest BCUT2D eigenvalue weighted by molar-refractivity contribution is 5.76. The monoisotopic (exact) mass is 283 g/mol. The Morgan fingerprint density at radius 3 is 2.48 bits per heavy atom. The van der Waals surface area contributed by atoms with Gasteiger partial charge in [-0.2, -0.15) is 0 Å². The lowest BCUT2D eigenvalue weighted by molar-refractivity contribution is -0.121. The van der Waals surface area contributed by atoms with Gasteiger partial charge in [-0.05, 0) is 31.0 Å². The summed E-state index contributed by atoms with van der Waals surface area (Å²) >= 11 is 0. The number of hydrogen-bond donors (Lipinski definition) is 1. The number of ether oxygens (including phenoxy) is 1. The van der Waals surface area contributed by atoms with Crippen molar-refractivity contribution in [2.24, 2.45) is 0 Å². The molecule has 1 amide bonds. The van der Waals surface area contributed by atoms with E-state index in [1.54, 1.807) is 0 Å². The zero-order chi connectivity index (χ0) is 14.9. The molecule has 0 saturated heterocycles. The molecule has 0 aromatic heterocycles. The van der Waals surface area contributed by atoms with E-state index in [-0.39, 0.29) is 5.91 Å². The van der Waals surface area contributed by atoms with Gasteiger partial charge in [0.05, 0.1) is 6.54 Å². The topological polar surface area (TPSA) is 38.3 Å². The maximum Gasteiger partial charge on any atom is 0.220 e. The van der Waals surface area contributed by atoms with Crippen molar-refractivity contribution in [3.05, 3.63) is 65.7 Å². The number of amides is 1. The number of para-hydroxylation sites is 1. The molecule has 2 rings (SSSR count). The van der Waals surface area contributed by atoms with Crippen LogP contribution in [-0.4, -0.2) is 19.1 Å². The van der Waals surface area contributed by atoms with Crippen LogP contribution in [0.3, 0.4) is 0 Å². The number of carbonyl (C=O) groups is 1. The first-order valence-corrected chi connectivity index (χ1v) is 7.24. The quantitative estimate of drug-likeness (QED) is 0.793. The molecule has 0 spiro atoms. The normalized spacial score (nSPS) is 10.1. The lowest BCUT2D eigenvalue weighted by atomic mass is 10.1. The summed E-state index contributed by atoms with van der Waals surface area (Å²) in [5, 5.41) is 2.87. The van der Waals surface area contributed by atoms with E-state index in [1.807, 2.05) is 30.3 Å². The summed E-state index contributed by atoms with van der Waals surface area (Å²) in [5.41, 5.74) is 2.43. The van der Waals surface area contributed by atoms with Gasteiger partial charge in [0.2, 0.25) is 5.91 Å². The molecule has 0 bridgehead atoms. The van der Waals surface area contributed by atoms with Crippen LogP contribution < -0.4 is 10.1 Å². The molecule has 1 N–H and O–H groups in total. The van der Waals surface area contributed by atoms with Crippen LogP contribution in [0.25, 0.3) is 0 Å². The predicted molar refractivity (Wildman–Crippen MR) is 84.4 cm³/mol. The first-order valence-electron chi connectivity index (χ1n) is 7.24. The van der Waals surface area contributed by atoms with Crippen molar-refractivity contribution < 1.29 is 9.53 Å². The maximum atomic E-state index is 11.7. The fourth-order valence-electron chi connectivity index (χ4n) is 1.98. The lowest BCUT2D eigenvalue weighted by Gasteiger charge is -2.07. The van der Waals surface area contributed by atoms with Gasteiger partial charge in [0.1, 0.15) is 12.4 Å². The molecule has 0 aliphatic carbocycles. The largest absolute Gasteiger partial charge is 0.492 e. The van der Waals surface area contributed by atoms with Crippen molar-refractivity contribution in [1.29, 1.82) is 0 Å². The average molecular weight is 283 g/mol. The summed E-state index contributed by atoms with van der Waals surface area (Å²) < 4.78 is 5.52. The van der Waals surface area contributed by atoms with E-state index < -0.39 is 0 Å². The Kier molecular flexibility index (Phi) is 5.83. The molecule has 2 aromatic rings. The summed E-state index contributed by atoms with van der Waals surface area (Å²) in [6, 6.07) is 17.9. The SMILES string of the molecule is Cc1ccc(CCC(=O)NCCOc2ccccc2)cc1. The van der Waals surface area contributed by atoms with E-state index in [1.165, 1.54) is 11.1 Å². The Morgan fingerprint density at radius 2 is 1.76 bits per heavy atom. The minimum absolute atomic E-state index is 0.0623. The summed E-state index contributed by atoms with van der Waals surface area (Å²) in [4.78, 5) is 11.7. The maximum absolute atomic E-state index is 11.7. The number of nitrogens with one attached hydrogen (secondary N) is 1. The van der Waals surface area contributed by atoms with E-state index in [0.717, 1.165) is 12.2 Å².